The molecule has 1 atom stereocenters. The molecule has 140 valence electrons. The van der Waals surface area contributed by atoms with Gasteiger partial charge in [0.2, 0.25) is 5.91 Å². The molecule has 1 saturated carbocycles. The fourth-order valence-corrected chi connectivity index (χ4v) is 3.95. The molecule has 0 spiro atoms. The number of hydrogen-bond donors (Lipinski definition) is 1. The van der Waals surface area contributed by atoms with Gasteiger partial charge in [-0.15, -0.1) is 12.4 Å². The molecule has 0 aromatic heterocycles. The molecule has 1 unspecified atom stereocenters. The normalized spacial score (nSPS) is 20.7. The number of benzene rings is 1. The van der Waals surface area contributed by atoms with Crippen molar-refractivity contribution in [3.05, 3.63) is 35.4 Å². The average Bonchev–Trinajstić information content (AvgIpc) is 3.37. The van der Waals surface area contributed by atoms with E-state index in [0.717, 1.165) is 37.0 Å². The number of nitrogens with zero attached hydrogens (tertiary/aromatic N) is 1. The molecule has 2 fully saturated rings. The highest BCUT2D eigenvalue weighted by Gasteiger charge is 2.37. The van der Waals surface area contributed by atoms with Gasteiger partial charge in [-0.3, -0.25) is 4.79 Å². The van der Waals surface area contributed by atoms with Crippen LogP contribution in [-0.4, -0.2) is 40.9 Å². The Kier molecular flexibility index (Phi) is 7.05. The first kappa shape index (κ1) is 20.4. The summed E-state index contributed by atoms with van der Waals surface area (Å²) in [4.78, 5) is 14.3. The Hall–Kier alpha value is -0.920. The van der Waals surface area contributed by atoms with E-state index in [4.69, 9.17) is 0 Å². The lowest BCUT2D eigenvalue weighted by Crippen LogP contribution is -2.43. The first-order valence-corrected chi connectivity index (χ1v) is 9.36. The van der Waals surface area contributed by atoms with Crippen LogP contribution in [-0.2, 0) is 17.5 Å². The van der Waals surface area contributed by atoms with Crippen LogP contribution in [0.1, 0.15) is 30.4 Å². The van der Waals surface area contributed by atoms with Crippen LogP contribution in [0.5, 0.6) is 0 Å². The molecule has 1 saturated heterocycles. The standard InChI is InChI=1S/C17H21F3N2OS.ClH/c18-17(19,20)15-4-2-1-3-12(15)10-22(14-5-6-14)16(23)9-13-11-24-8-7-21-13;/h1-4,13-14,21H,5-11H2;1H. The van der Waals surface area contributed by atoms with Crippen molar-refractivity contribution in [3.8, 4) is 0 Å². The molecule has 1 heterocycles. The van der Waals surface area contributed by atoms with Gasteiger partial charge in [0, 0.05) is 43.1 Å². The third kappa shape index (κ3) is 5.53. The van der Waals surface area contributed by atoms with Crippen molar-refractivity contribution in [1.29, 1.82) is 0 Å². The number of hydrogen-bond acceptors (Lipinski definition) is 3. The number of rotatable bonds is 5. The van der Waals surface area contributed by atoms with Crippen molar-refractivity contribution in [1.82, 2.24) is 10.2 Å². The van der Waals surface area contributed by atoms with Crippen LogP contribution in [0.15, 0.2) is 24.3 Å². The third-order valence-corrected chi connectivity index (χ3v) is 5.52. The first-order chi connectivity index (χ1) is 11.4. The summed E-state index contributed by atoms with van der Waals surface area (Å²) >= 11 is 1.81. The van der Waals surface area contributed by atoms with Gasteiger partial charge in [0.1, 0.15) is 0 Å². The molecular weight excluding hydrogens is 373 g/mol. The van der Waals surface area contributed by atoms with Crippen LogP contribution >= 0.6 is 24.2 Å². The van der Waals surface area contributed by atoms with Gasteiger partial charge in [-0.25, -0.2) is 0 Å². The van der Waals surface area contributed by atoms with Crippen LogP contribution < -0.4 is 5.32 Å². The fraction of sp³-hybridized carbons (Fsp3) is 0.588. The first-order valence-electron chi connectivity index (χ1n) is 8.21. The lowest BCUT2D eigenvalue weighted by Gasteiger charge is -2.28. The molecule has 1 amide bonds. The molecule has 0 bridgehead atoms. The van der Waals surface area contributed by atoms with Gasteiger partial charge in [0.05, 0.1) is 5.56 Å². The lowest BCUT2D eigenvalue weighted by atomic mass is 10.1. The van der Waals surface area contributed by atoms with Gasteiger partial charge in [-0.2, -0.15) is 24.9 Å². The van der Waals surface area contributed by atoms with Crippen molar-refractivity contribution in [2.45, 2.75) is 44.1 Å². The molecule has 1 N–H and O–H groups in total. The second kappa shape index (κ2) is 8.64. The van der Waals surface area contributed by atoms with E-state index in [1.54, 1.807) is 11.0 Å². The van der Waals surface area contributed by atoms with Gasteiger partial charge in [0.15, 0.2) is 0 Å². The van der Waals surface area contributed by atoms with E-state index < -0.39 is 11.7 Å². The molecule has 1 aromatic carbocycles. The predicted molar refractivity (Wildman–Crippen MR) is 96.0 cm³/mol. The minimum absolute atomic E-state index is 0. The Morgan fingerprint density at radius 2 is 2.00 bits per heavy atom. The second-order valence-corrected chi connectivity index (χ2v) is 7.49. The molecule has 1 aliphatic heterocycles. The summed E-state index contributed by atoms with van der Waals surface area (Å²) in [6, 6.07) is 5.76. The van der Waals surface area contributed by atoms with Crippen LogP contribution in [0.25, 0.3) is 0 Å². The molecule has 1 aromatic rings. The van der Waals surface area contributed by atoms with E-state index in [0.29, 0.717) is 6.42 Å². The number of halogens is 4. The Morgan fingerprint density at radius 3 is 2.60 bits per heavy atom. The number of carbonyl (C=O) groups excluding carboxylic acids is 1. The number of alkyl halides is 3. The third-order valence-electron chi connectivity index (χ3n) is 4.39. The smallest absolute Gasteiger partial charge is 0.335 e. The van der Waals surface area contributed by atoms with Crippen LogP contribution in [0, 0.1) is 0 Å². The molecule has 25 heavy (non-hydrogen) atoms. The van der Waals surface area contributed by atoms with E-state index in [9.17, 15) is 18.0 Å². The minimum Gasteiger partial charge on any atom is -0.335 e. The van der Waals surface area contributed by atoms with E-state index in [1.807, 2.05) is 11.8 Å². The van der Waals surface area contributed by atoms with Gasteiger partial charge < -0.3 is 10.2 Å². The van der Waals surface area contributed by atoms with Gasteiger partial charge in [0.25, 0.3) is 0 Å². The van der Waals surface area contributed by atoms with E-state index >= 15 is 0 Å². The highest BCUT2D eigenvalue weighted by molar-refractivity contribution is 7.99. The predicted octanol–water partition coefficient (Wildman–Crippen LogP) is 3.71. The van der Waals surface area contributed by atoms with Crippen molar-refractivity contribution >= 4 is 30.1 Å². The van der Waals surface area contributed by atoms with Gasteiger partial charge in [-0.05, 0) is 24.5 Å². The highest BCUT2D eigenvalue weighted by atomic mass is 35.5. The molecule has 2 aliphatic rings. The van der Waals surface area contributed by atoms with Crippen LogP contribution in [0.3, 0.4) is 0 Å². The fourth-order valence-electron chi connectivity index (χ4n) is 3.00. The zero-order chi connectivity index (χ0) is 17.2. The average molecular weight is 395 g/mol. The zero-order valence-electron chi connectivity index (χ0n) is 13.7. The van der Waals surface area contributed by atoms with E-state index in [2.05, 4.69) is 5.32 Å². The van der Waals surface area contributed by atoms with Crippen molar-refractivity contribution in [2.75, 3.05) is 18.1 Å². The molecule has 8 heteroatoms. The SMILES string of the molecule is Cl.O=C(CC1CSCCN1)N(Cc1ccccc1C(F)(F)F)C1CC1. The summed E-state index contributed by atoms with van der Waals surface area (Å²) in [5, 5.41) is 3.32. The summed E-state index contributed by atoms with van der Waals surface area (Å²) < 4.78 is 39.5. The van der Waals surface area contributed by atoms with Crippen molar-refractivity contribution in [3.63, 3.8) is 0 Å². The molecule has 3 nitrogen and oxygen atoms in total. The number of amides is 1. The highest BCUT2D eigenvalue weighted by Crippen LogP contribution is 2.35. The number of nitrogens with one attached hydrogen (secondary N) is 1. The Bertz CT molecular complexity index is 590. The molecular formula is C17H22ClF3N2OS. The monoisotopic (exact) mass is 394 g/mol. The molecule has 1 aliphatic carbocycles. The lowest BCUT2D eigenvalue weighted by molar-refractivity contribution is -0.140. The number of carbonyl (C=O) groups is 1. The Balaban J connectivity index is 0.00000225. The summed E-state index contributed by atoms with van der Waals surface area (Å²) in [7, 11) is 0. The maximum atomic E-state index is 13.2. The Labute approximate surface area is 156 Å². The summed E-state index contributed by atoms with van der Waals surface area (Å²) in [6.45, 7) is 0.919. The van der Waals surface area contributed by atoms with Crippen LogP contribution in [0.2, 0.25) is 0 Å². The topological polar surface area (TPSA) is 32.3 Å². The van der Waals surface area contributed by atoms with Crippen molar-refractivity contribution in [2.24, 2.45) is 0 Å². The quantitative estimate of drug-likeness (QED) is 0.826. The maximum Gasteiger partial charge on any atom is 0.416 e. The molecule has 0 radical (unpaired) electrons. The summed E-state index contributed by atoms with van der Waals surface area (Å²) in [6.07, 6.45) is -2.27. The van der Waals surface area contributed by atoms with E-state index in [-0.39, 0.29) is 42.5 Å². The zero-order valence-corrected chi connectivity index (χ0v) is 15.4. The summed E-state index contributed by atoms with van der Waals surface area (Å²) in [5.74, 6) is 1.87. The van der Waals surface area contributed by atoms with Gasteiger partial charge in [-0.1, -0.05) is 18.2 Å². The maximum absolute atomic E-state index is 13.2. The van der Waals surface area contributed by atoms with Crippen LogP contribution in [0.4, 0.5) is 13.2 Å². The van der Waals surface area contributed by atoms with Crippen molar-refractivity contribution < 1.29 is 18.0 Å². The minimum atomic E-state index is -4.39. The summed E-state index contributed by atoms with van der Waals surface area (Å²) in [5.41, 5.74) is -0.467. The largest absolute Gasteiger partial charge is 0.416 e. The van der Waals surface area contributed by atoms with E-state index in [1.165, 1.54) is 12.1 Å². The Morgan fingerprint density at radius 1 is 1.28 bits per heavy atom. The number of thioether (sulfide) groups is 1. The van der Waals surface area contributed by atoms with Gasteiger partial charge >= 0.3 is 6.18 Å². The molecule has 3 rings (SSSR count). The second-order valence-electron chi connectivity index (χ2n) is 6.34.